The highest BCUT2D eigenvalue weighted by atomic mass is 35.5. The van der Waals surface area contributed by atoms with Crippen molar-refractivity contribution in [2.24, 2.45) is 5.92 Å². The molecule has 0 unspecified atom stereocenters. The van der Waals surface area contributed by atoms with E-state index in [1.54, 1.807) is 24.3 Å². The minimum Gasteiger partial charge on any atom is -0.492 e. The quantitative estimate of drug-likeness (QED) is 0.247. The summed E-state index contributed by atoms with van der Waals surface area (Å²) in [5, 5.41) is 14.1. The summed E-state index contributed by atoms with van der Waals surface area (Å²) in [5.74, 6) is 1.67. The van der Waals surface area contributed by atoms with Crippen molar-refractivity contribution in [3.05, 3.63) is 76.7 Å². The van der Waals surface area contributed by atoms with Gasteiger partial charge in [0.1, 0.15) is 24.2 Å². The van der Waals surface area contributed by atoms with Crippen LogP contribution in [0, 0.1) is 17.2 Å². The van der Waals surface area contributed by atoms with Crippen LogP contribution in [0.25, 0.3) is 10.9 Å². The molecule has 0 aliphatic carbocycles. The summed E-state index contributed by atoms with van der Waals surface area (Å²) in [7, 11) is 0. The van der Waals surface area contributed by atoms with Crippen LogP contribution < -0.4 is 20.5 Å². The Bertz CT molecular complexity index is 1410. The van der Waals surface area contributed by atoms with Gasteiger partial charge in [-0.25, -0.2) is 0 Å². The molecule has 0 spiro atoms. The number of aromatic nitrogens is 2. The first-order valence-corrected chi connectivity index (χ1v) is 12.1. The van der Waals surface area contributed by atoms with Gasteiger partial charge in [0.15, 0.2) is 0 Å². The SMILES string of the molecule is CCOc1cc2ncc(C#N)c(Nc3ccc(OCc4ccc(CC(C)C)nc4)c(Cl)c3)c2cc1N. The van der Waals surface area contributed by atoms with Crippen molar-refractivity contribution in [3.63, 3.8) is 0 Å². The third-order valence-electron chi connectivity index (χ3n) is 5.52. The molecule has 0 fully saturated rings. The Balaban J connectivity index is 1.53. The number of nitriles is 1. The van der Waals surface area contributed by atoms with E-state index in [9.17, 15) is 5.26 Å². The summed E-state index contributed by atoms with van der Waals surface area (Å²) in [5.41, 5.74) is 11.0. The third kappa shape index (κ3) is 5.78. The lowest BCUT2D eigenvalue weighted by Crippen LogP contribution is -2.01. The zero-order valence-corrected chi connectivity index (χ0v) is 21.3. The van der Waals surface area contributed by atoms with Crippen LogP contribution in [0.2, 0.25) is 5.02 Å². The molecular weight excluding hydrogens is 474 g/mol. The minimum absolute atomic E-state index is 0.358. The number of nitrogens with two attached hydrogens (primary N) is 1. The number of anilines is 3. The van der Waals surface area contributed by atoms with Gasteiger partial charge in [0.2, 0.25) is 0 Å². The molecule has 0 atom stereocenters. The molecule has 0 bridgehead atoms. The fourth-order valence-corrected chi connectivity index (χ4v) is 4.05. The van der Waals surface area contributed by atoms with E-state index < -0.39 is 0 Å². The van der Waals surface area contributed by atoms with Crippen LogP contribution in [0.5, 0.6) is 11.5 Å². The summed E-state index contributed by atoms with van der Waals surface area (Å²) >= 11 is 6.52. The van der Waals surface area contributed by atoms with Gasteiger partial charge in [-0.3, -0.25) is 9.97 Å². The minimum atomic E-state index is 0.358. The molecule has 2 heterocycles. The van der Waals surface area contributed by atoms with Gasteiger partial charge in [-0.15, -0.1) is 0 Å². The fourth-order valence-electron chi connectivity index (χ4n) is 3.82. The fraction of sp³-hybridized carbons (Fsp3) is 0.250. The second-order valence-corrected chi connectivity index (χ2v) is 9.22. The zero-order valence-electron chi connectivity index (χ0n) is 20.5. The highest BCUT2D eigenvalue weighted by molar-refractivity contribution is 6.32. The van der Waals surface area contributed by atoms with Gasteiger partial charge in [0.05, 0.1) is 34.1 Å². The van der Waals surface area contributed by atoms with Gasteiger partial charge in [0, 0.05) is 40.8 Å². The molecule has 0 amide bonds. The third-order valence-corrected chi connectivity index (χ3v) is 5.81. The van der Waals surface area contributed by atoms with Crippen LogP contribution in [-0.4, -0.2) is 16.6 Å². The number of nitrogen functional groups attached to an aromatic ring is 1. The molecule has 2 aromatic carbocycles. The number of nitrogens with one attached hydrogen (secondary N) is 1. The number of hydrogen-bond donors (Lipinski definition) is 2. The Hall–Kier alpha value is -4.02. The lowest BCUT2D eigenvalue weighted by Gasteiger charge is -2.15. The predicted octanol–water partition coefficient (Wildman–Crippen LogP) is 6.66. The molecule has 2 aromatic heterocycles. The van der Waals surface area contributed by atoms with Gasteiger partial charge in [-0.05, 0) is 49.6 Å². The Morgan fingerprint density at radius 2 is 1.89 bits per heavy atom. The van der Waals surface area contributed by atoms with Crippen LogP contribution in [0.1, 0.15) is 37.6 Å². The molecule has 0 saturated carbocycles. The topological polar surface area (TPSA) is 106 Å². The highest BCUT2D eigenvalue weighted by Crippen LogP contribution is 2.36. The van der Waals surface area contributed by atoms with Gasteiger partial charge in [0.25, 0.3) is 0 Å². The first-order chi connectivity index (χ1) is 17.4. The molecule has 0 aliphatic heterocycles. The lowest BCUT2D eigenvalue weighted by molar-refractivity contribution is 0.306. The molecule has 4 rings (SSSR count). The van der Waals surface area contributed by atoms with Crippen molar-refractivity contribution in [1.29, 1.82) is 5.26 Å². The summed E-state index contributed by atoms with van der Waals surface area (Å²) in [6, 6.07) is 15.2. The summed E-state index contributed by atoms with van der Waals surface area (Å²) < 4.78 is 11.5. The Labute approximate surface area is 215 Å². The summed E-state index contributed by atoms with van der Waals surface area (Å²) in [4.78, 5) is 8.90. The number of hydrogen-bond acceptors (Lipinski definition) is 7. The monoisotopic (exact) mass is 501 g/mol. The largest absolute Gasteiger partial charge is 0.492 e. The number of rotatable bonds is 9. The van der Waals surface area contributed by atoms with E-state index >= 15 is 0 Å². The Kier molecular flexibility index (Phi) is 7.77. The molecule has 184 valence electrons. The van der Waals surface area contributed by atoms with E-state index in [0.717, 1.165) is 17.7 Å². The maximum Gasteiger partial charge on any atom is 0.144 e. The first-order valence-electron chi connectivity index (χ1n) is 11.8. The average Bonchev–Trinajstić information content (AvgIpc) is 2.85. The number of ether oxygens (including phenoxy) is 2. The van der Waals surface area contributed by atoms with Gasteiger partial charge in [-0.2, -0.15) is 5.26 Å². The van der Waals surface area contributed by atoms with Crippen molar-refractivity contribution in [2.75, 3.05) is 17.7 Å². The predicted molar refractivity (Wildman–Crippen MR) is 144 cm³/mol. The molecule has 3 N–H and O–H groups in total. The first kappa shape index (κ1) is 25.1. The molecule has 36 heavy (non-hydrogen) atoms. The normalized spacial score (nSPS) is 10.9. The molecule has 0 aliphatic rings. The van der Waals surface area contributed by atoms with Crippen molar-refractivity contribution < 1.29 is 9.47 Å². The van der Waals surface area contributed by atoms with E-state index in [1.807, 2.05) is 31.3 Å². The van der Waals surface area contributed by atoms with Crippen molar-refractivity contribution >= 4 is 39.6 Å². The van der Waals surface area contributed by atoms with E-state index in [1.165, 1.54) is 6.20 Å². The van der Waals surface area contributed by atoms with Crippen molar-refractivity contribution in [1.82, 2.24) is 9.97 Å². The summed E-state index contributed by atoms with van der Waals surface area (Å²) in [6.07, 6.45) is 4.31. The van der Waals surface area contributed by atoms with E-state index in [2.05, 4.69) is 35.2 Å². The van der Waals surface area contributed by atoms with Crippen LogP contribution in [0.4, 0.5) is 17.1 Å². The van der Waals surface area contributed by atoms with Crippen molar-refractivity contribution in [2.45, 2.75) is 33.8 Å². The average molecular weight is 502 g/mol. The molecule has 0 saturated heterocycles. The summed E-state index contributed by atoms with van der Waals surface area (Å²) in [6.45, 7) is 7.08. The van der Waals surface area contributed by atoms with Gasteiger partial charge < -0.3 is 20.5 Å². The molecule has 4 aromatic rings. The van der Waals surface area contributed by atoms with E-state index in [0.29, 0.717) is 69.2 Å². The number of benzene rings is 2. The number of nitrogens with zero attached hydrogens (tertiary/aromatic N) is 3. The van der Waals surface area contributed by atoms with Gasteiger partial charge in [-0.1, -0.05) is 31.5 Å². The number of halogens is 1. The zero-order chi connectivity index (χ0) is 25.7. The van der Waals surface area contributed by atoms with Crippen molar-refractivity contribution in [3.8, 4) is 17.6 Å². The second-order valence-electron chi connectivity index (χ2n) is 8.81. The smallest absolute Gasteiger partial charge is 0.144 e. The second kappa shape index (κ2) is 11.1. The highest BCUT2D eigenvalue weighted by Gasteiger charge is 2.14. The Morgan fingerprint density at radius 3 is 2.56 bits per heavy atom. The molecule has 7 nitrogen and oxygen atoms in total. The van der Waals surface area contributed by atoms with Crippen LogP contribution in [0.15, 0.2) is 54.9 Å². The maximum atomic E-state index is 9.66. The molecule has 8 heteroatoms. The number of pyridine rings is 2. The van der Waals surface area contributed by atoms with E-state index in [-0.39, 0.29) is 0 Å². The van der Waals surface area contributed by atoms with Gasteiger partial charge >= 0.3 is 0 Å². The molecule has 0 radical (unpaired) electrons. The van der Waals surface area contributed by atoms with Crippen LogP contribution in [0.3, 0.4) is 0 Å². The standard InChI is InChI=1S/C28H28ClN5O2/c1-4-35-27-12-25-22(11-24(27)31)28(19(13-30)15-33-25)34-21-7-8-26(23(29)10-21)36-16-18-5-6-20(32-14-18)9-17(2)3/h5-8,10-12,14-15,17H,4,9,16,31H2,1-3H3,(H,33,34). The van der Waals surface area contributed by atoms with Crippen LogP contribution >= 0.6 is 11.6 Å². The maximum absolute atomic E-state index is 9.66. The van der Waals surface area contributed by atoms with E-state index in [4.69, 9.17) is 26.8 Å². The number of fused-ring (bicyclic) bond motifs is 1. The lowest BCUT2D eigenvalue weighted by atomic mass is 10.1. The molecular formula is C28H28ClN5O2. The van der Waals surface area contributed by atoms with Crippen LogP contribution in [-0.2, 0) is 13.0 Å². The Morgan fingerprint density at radius 1 is 1.06 bits per heavy atom.